The summed E-state index contributed by atoms with van der Waals surface area (Å²) in [4.78, 5) is 14.2. The molecule has 0 radical (unpaired) electrons. The Balaban J connectivity index is 1.60. The van der Waals surface area contributed by atoms with Gasteiger partial charge in [-0.3, -0.25) is 9.69 Å². The second-order valence-corrected chi connectivity index (χ2v) is 6.14. The first kappa shape index (κ1) is 13.5. The van der Waals surface area contributed by atoms with Crippen molar-refractivity contribution in [1.82, 2.24) is 20.0 Å². The lowest BCUT2D eigenvalue weighted by atomic mass is 10.1. The number of nitrogens with one attached hydrogen (secondary N) is 1. The minimum atomic E-state index is 0.189. The van der Waals surface area contributed by atoms with Crippen LogP contribution in [-0.2, 0) is 11.3 Å². The highest BCUT2D eigenvalue weighted by Gasteiger charge is 2.37. The van der Waals surface area contributed by atoms with Crippen molar-refractivity contribution in [2.75, 3.05) is 6.54 Å². The largest absolute Gasteiger partial charge is 0.354 e. The van der Waals surface area contributed by atoms with Gasteiger partial charge in [0, 0.05) is 37.8 Å². The average molecular weight is 296 g/mol. The van der Waals surface area contributed by atoms with Crippen LogP contribution in [0.3, 0.4) is 0 Å². The molecule has 114 valence electrons. The molecule has 2 fully saturated rings. The highest BCUT2D eigenvalue weighted by molar-refractivity contribution is 5.77. The van der Waals surface area contributed by atoms with Gasteiger partial charge in [0.05, 0.1) is 11.4 Å². The summed E-state index contributed by atoms with van der Waals surface area (Å²) in [6, 6.07) is 13.1. The first-order chi connectivity index (χ1) is 10.8. The van der Waals surface area contributed by atoms with E-state index in [9.17, 15) is 4.79 Å². The van der Waals surface area contributed by atoms with E-state index in [4.69, 9.17) is 0 Å². The first-order valence-electron chi connectivity index (χ1n) is 7.92. The lowest BCUT2D eigenvalue weighted by molar-refractivity contribution is -0.121. The number of carbonyl (C=O) groups excluding carboxylic acids is 1. The van der Waals surface area contributed by atoms with Crippen molar-refractivity contribution in [3.8, 4) is 5.69 Å². The number of rotatable bonds is 3. The average Bonchev–Trinajstić information content (AvgIpc) is 3.10. The molecular formula is C17H20N4O. The Morgan fingerprint density at radius 1 is 1.14 bits per heavy atom. The van der Waals surface area contributed by atoms with Crippen LogP contribution in [0.1, 0.15) is 25.0 Å². The highest BCUT2D eigenvalue weighted by Crippen LogP contribution is 2.30. The minimum absolute atomic E-state index is 0.189. The Labute approximate surface area is 129 Å². The van der Waals surface area contributed by atoms with Crippen LogP contribution in [-0.4, -0.2) is 39.2 Å². The first-order valence-corrected chi connectivity index (χ1v) is 7.92. The molecule has 0 spiro atoms. The van der Waals surface area contributed by atoms with Crippen molar-refractivity contribution >= 4 is 5.91 Å². The molecule has 0 saturated carbocycles. The number of para-hydroxylation sites is 1. The van der Waals surface area contributed by atoms with Crippen molar-refractivity contribution in [3.05, 3.63) is 48.3 Å². The zero-order valence-corrected chi connectivity index (χ0v) is 12.5. The quantitative estimate of drug-likeness (QED) is 0.938. The van der Waals surface area contributed by atoms with E-state index >= 15 is 0 Å². The molecule has 0 aliphatic carbocycles. The van der Waals surface area contributed by atoms with Crippen LogP contribution >= 0.6 is 0 Å². The lowest BCUT2D eigenvalue weighted by Crippen LogP contribution is -2.38. The van der Waals surface area contributed by atoms with Gasteiger partial charge < -0.3 is 5.32 Å². The number of fused-ring (bicyclic) bond motifs is 2. The van der Waals surface area contributed by atoms with Gasteiger partial charge in [-0.2, -0.15) is 5.10 Å². The van der Waals surface area contributed by atoms with Crippen molar-refractivity contribution < 1.29 is 4.79 Å². The predicted molar refractivity (Wildman–Crippen MR) is 83.5 cm³/mol. The molecule has 2 bridgehead atoms. The molecule has 5 heteroatoms. The maximum absolute atomic E-state index is 11.8. The van der Waals surface area contributed by atoms with Gasteiger partial charge in [-0.25, -0.2) is 4.68 Å². The van der Waals surface area contributed by atoms with E-state index in [-0.39, 0.29) is 5.91 Å². The smallest absolute Gasteiger partial charge is 0.221 e. The van der Waals surface area contributed by atoms with Crippen molar-refractivity contribution in [2.45, 2.75) is 37.9 Å². The summed E-state index contributed by atoms with van der Waals surface area (Å²) in [7, 11) is 0. The van der Waals surface area contributed by atoms with Crippen molar-refractivity contribution in [3.63, 3.8) is 0 Å². The third-order valence-electron chi connectivity index (χ3n) is 4.79. The second-order valence-electron chi connectivity index (χ2n) is 6.14. The van der Waals surface area contributed by atoms with E-state index in [0.717, 1.165) is 25.2 Å². The van der Waals surface area contributed by atoms with Gasteiger partial charge in [-0.1, -0.05) is 18.2 Å². The molecule has 1 aromatic heterocycles. The summed E-state index contributed by atoms with van der Waals surface area (Å²) in [5, 5.41) is 7.50. The molecular weight excluding hydrogens is 276 g/mol. The molecule has 3 heterocycles. The second kappa shape index (κ2) is 5.57. The normalized spacial score (nSPS) is 25.0. The van der Waals surface area contributed by atoms with Crippen LogP contribution in [0, 0.1) is 0 Å². The highest BCUT2D eigenvalue weighted by atomic mass is 16.1. The predicted octanol–water partition coefficient (Wildman–Crippen LogP) is 1.73. The number of benzene rings is 1. The van der Waals surface area contributed by atoms with Gasteiger partial charge in [0.2, 0.25) is 5.91 Å². The Morgan fingerprint density at radius 2 is 1.95 bits per heavy atom. The van der Waals surface area contributed by atoms with Crippen LogP contribution in [0.4, 0.5) is 0 Å². The van der Waals surface area contributed by atoms with Crippen LogP contribution in [0.25, 0.3) is 5.69 Å². The van der Waals surface area contributed by atoms with Gasteiger partial charge in [0.1, 0.15) is 0 Å². The third-order valence-corrected chi connectivity index (χ3v) is 4.79. The van der Waals surface area contributed by atoms with Gasteiger partial charge in [0.15, 0.2) is 0 Å². The van der Waals surface area contributed by atoms with E-state index in [1.807, 2.05) is 29.1 Å². The number of carbonyl (C=O) groups is 1. The number of amides is 1. The number of hydrogen-bond acceptors (Lipinski definition) is 3. The maximum Gasteiger partial charge on any atom is 0.221 e. The number of nitrogens with zero attached hydrogens (tertiary/aromatic N) is 3. The Kier molecular flexibility index (Phi) is 3.42. The van der Waals surface area contributed by atoms with Crippen LogP contribution in [0.5, 0.6) is 0 Å². The molecule has 1 amide bonds. The topological polar surface area (TPSA) is 50.2 Å². The summed E-state index contributed by atoms with van der Waals surface area (Å²) >= 11 is 0. The molecule has 2 aromatic rings. The summed E-state index contributed by atoms with van der Waals surface area (Å²) in [6.07, 6.45) is 4.77. The molecule has 5 nitrogen and oxygen atoms in total. The Hall–Kier alpha value is -2.14. The van der Waals surface area contributed by atoms with E-state index < -0.39 is 0 Å². The van der Waals surface area contributed by atoms with Gasteiger partial charge in [-0.15, -0.1) is 0 Å². The van der Waals surface area contributed by atoms with E-state index in [1.54, 1.807) is 0 Å². The van der Waals surface area contributed by atoms with Crippen LogP contribution < -0.4 is 5.32 Å². The molecule has 4 rings (SSSR count). The fourth-order valence-electron chi connectivity index (χ4n) is 3.67. The molecule has 2 saturated heterocycles. The molecule has 22 heavy (non-hydrogen) atoms. The fourth-order valence-corrected chi connectivity index (χ4v) is 3.67. The monoisotopic (exact) mass is 296 g/mol. The van der Waals surface area contributed by atoms with Gasteiger partial charge in [0.25, 0.3) is 0 Å². The Morgan fingerprint density at radius 3 is 2.82 bits per heavy atom. The molecule has 1 aromatic carbocycles. The van der Waals surface area contributed by atoms with Gasteiger partial charge in [-0.05, 0) is 31.0 Å². The molecule has 1 N–H and O–H groups in total. The molecule has 2 aliphatic heterocycles. The summed E-state index contributed by atoms with van der Waals surface area (Å²) < 4.78 is 2.00. The maximum atomic E-state index is 11.8. The summed E-state index contributed by atoms with van der Waals surface area (Å²) in [5.41, 5.74) is 2.26. The van der Waals surface area contributed by atoms with Gasteiger partial charge >= 0.3 is 0 Å². The standard InChI is InChI=1S/C17H20N4O/c22-17-10-14-6-7-15(11-18-17)20(14)12-16-8-9-19-21(16)13-4-2-1-3-5-13/h1-5,8-9,14-15H,6-7,10-12H2,(H,18,22)/t14-,15+/m1/s1. The molecule has 2 aliphatic rings. The number of hydrogen-bond donors (Lipinski definition) is 1. The van der Waals surface area contributed by atoms with Crippen molar-refractivity contribution in [1.29, 1.82) is 0 Å². The third kappa shape index (κ3) is 2.41. The SMILES string of the molecule is O=C1C[C@H]2CC[C@@H](CN1)N2Cc1ccnn1-c1ccccc1. The Bertz CT molecular complexity index is 666. The van der Waals surface area contributed by atoms with Crippen LogP contribution in [0.2, 0.25) is 0 Å². The van der Waals surface area contributed by atoms with Crippen LogP contribution in [0.15, 0.2) is 42.6 Å². The van der Waals surface area contributed by atoms with Crippen molar-refractivity contribution in [2.24, 2.45) is 0 Å². The zero-order valence-electron chi connectivity index (χ0n) is 12.5. The summed E-state index contributed by atoms with van der Waals surface area (Å²) in [6.45, 7) is 1.62. The van der Waals surface area contributed by atoms with E-state index in [0.29, 0.717) is 18.5 Å². The summed E-state index contributed by atoms with van der Waals surface area (Å²) in [5.74, 6) is 0.189. The minimum Gasteiger partial charge on any atom is -0.354 e. The van der Waals surface area contributed by atoms with E-state index in [2.05, 4.69) is 33.5 Å². The number of aromatic nitrogens is 2. The molecule has 2 atom stereocenters. The zero-order chi connectivity index (χ0) is 14.9. The lowest BCUT2D eigenvalue weighted by Gasteiger charge is -2.27. The molecule has 0 unspecified atom stereocenters. The fraction of sp³-hybridized carbons (Fsp3) is 0.412. The van der Waals surface area contributed by atoms with E-state index in [1.165, 1.54) is 12.1 Å².